The summed E-state index contributed by atoms with van der Waals surface area (Å²) in [5.41, 5.74) is 4.81. The number of primary amides is 1. The Balaban J connectivity index is 3.35. The fraction of sp³-hybridized carbons (Fsp3) is 0.556. The quantitative estimate of drug-likeness (QED) is 0.485. The van der Waals surface area contributed by atoms with Crippen LogP contribution in [0.4, 0.5) is 4.79 Å². The van der Waals surface area contributed by atoms with Gasteiger partial charge in [-0.2, -0.15) is 0 Å². The average molecular weight is 200 g/mol. The molecule has 0 fully saturated rings. The minimum Gasteiger partial charge on any atom is -0.449 e. The van der Waals surface area contributed by atoms with Gasteiger partial charge in [-0.3, -0.25) is 4.79 Å². The van der Waals surface area contributed by atoms with E-state index in [0.717, 1.165) is 6.42 Å². The van der Waals surface area contributed by atoms with Gasteiger partial charge in [-0.25, -0.2) is 4.79 Å². The zero-order chi connectivity index (χ0) is 10.8. The first-order valence-corrected chi connectivity index (χ1v) is 4.50. The van der Waals surface area contributed by atoms with Crippen LogP contribution in [0.2, 0.25) is 0 Å². The number of alkyl carbamates (subject to hydrolysis) is 1. The smallest absolute Gasteiger partial charge is 0.407 e. The summed E-state index contributed by atoms with van der Waals surface area (Å²) in [5.74, 6) is -0.590. The minimum absolute atomic E-state index is 0.191. The van der Waals surface area contributed by atoms with E-state index in [1.165, 1.54) is 0 Å². The van der Waals surface area contributed by atoms with E-state index in [1.807, 2.05) is 19.1 Å². The standard InChI is InChI=1S/C9H16N2O3/c1-2-3-4-5-6-14-9(13)11-7-8(10)12/h3-4H,2,5-7H2,1H3,(H2,10,12)(H,11,13)/b4-3-. The molecule has 0 unspecified atom stereocenters. The molecule has 0 rings (SSSR count). The molecule has 0 saturated heterocycles. The average Bonchev–Trinajstić information content (AvgIpc) is 2.14. The van der Waals surface area contributed by atoms with Crippen molar-refractivity contribution in [3.8, 4) is 0 Å². The first-order valence-electron chi connectivity index (χ1n) is 4.50. The summed E-state index contributed by atoms with van der Waals surface area (Å²) < 4.78 is 4.73. The van der Waals surface area contributed by atoms with Crippen LogP contribution in [-0.4, -0.2) is 25.2 Å². The zero-order valence-corrected chi connectivity index (χ0v) is 8.29. The fourth-order valence-corrected chi connectivity index (χ4v) is 0.714. The van der Waals surface area contributed by atoms with Gasteiger partial charge in [0.15, 0.2) is 0 Å². The van der Waals surface area contributed by atoms with Crippen molar-refractivity contribution >= 4 is 12.0 Å². The van der Waals surface area contributed by atoms with Crippen molar-refractivity contribution in [2.75, 3.05) is 13.2 Å². The summed E-state index contributed by atoms with van der Waals surface area (Å²) in [7, 11) is 0. The van der Waals surface area contributed by atoms with Crippen LogP contribution >= 0.6 is 0 Å². The van der Waals surface area contributed by atoms with Gasteiger partial charge < -0.3 is 15.8 Å². The Morgan fingerprint density at radius 3 is 2.71 bits per heavy atom. The molecule has 0 aliphatic rings. The number of allylic oxidation sites excluding steroid dienone is 1. The highest BCUT2D eigenvalue weighted by atomic mass is 16.5. The first kappa shape index (κ1) is 12.5. The molecule has 0 aliphatic heterocycles. The van der Waals surface area contributed by atoms with Crippen molar-refractivity contribution in [1.82, 2.24) is 5.32 Å². The minimum atomic E-state index is -0.617. The highest BCUT2D eigenvalue weighted by molar-refractivity contribution is 5.80. The maximum Gasteiger partial charge on any atom is 0.407 e. The Morgan fingerprint density at radius 1 is 1.43 bits per heavy atom. The molecule has 2 amide bonds. The highest BCUT2D eigenvalue weighted by Gasteiger charge is 2.01. The molecule has 5 nitrogen and oxygen atoms in total. The Hall–Kier alpha value is -1.52. The third-order valence-electron chi connectivity index (χ3n) is 1.33. The molecule has 0 heterocycles. The highest BCUT2D eigenvalue weighted by Crippen LogP contribution is 1.88. The number of amides is 2. The van der Waals surface area contributed by atoms with Crippen molar-refractivity contribution in [3.63, 3.8) is 0 Å². The maximum atomic E-state index is 10.8. The topological polar surface area (TPSA) is 81.4 Å². The normalized spacial score (nSPS) is 10.1. The van der Waals surface area contributed by atoms with Gasteiger partial charge >= 0.3 is 6.09 Å². The lowest BCUT2D eigenvalue weighted by Crippen LogP contribution is -2.33. The van der Waals surface area contributed by atoms with Gasteiger partial charge in [0.25, 0.3) is 0 Å². The van der Waals surface area contributed by atoms with Crippen molar-refractivity contribution in [3.05, 3.63) is 12.2 Å². The van der Waals surface area contributed by atoms with Crippen molar-refractivity contribution in [2.45, 2.75) is 19.8 Å². The number of hydrogen-bond acceptors (Lipinski definition) is 3. The molecule has 3 N–H and O–H groups in total. The van der Waals surface area contributed by atoms with Crippen LogP contribution in [0, 0.1) is 0 Å². The van der Waals surface area contributed by atoms with Gasteiger partial charge in [-0.05, 0) is 12.8 Å². The van der Waals surface area contributed by atoms with Gasteiger partial charge in [0.1, 0.15) is 0 Å². The fourth-order valence-electron chi connectivity index (χ4n) is 0.714. The van der Waals surface area contributed by atoms with E-state index in [1.54, 1.807) is 0 Å². The summed E-state index contributed by atoms with van der Waals surface area (Å²) in [6.07, 6.45) is 4.95. The van der Waals surface area contributed by atoms with E-state index < -0.39 is 12.0 Å². The van der Waals surface area contributed by atoms with Crippen LogP contribution < -0.4 is 11.1 Å². The predicted octanol–water partition coefficient (Wildman–Crippen LogP) is 0.554. The van der Waals surface area contributed by atoms with E-state index in [-0.39, 0.29) is 6.54 Å². The van der Waals surface area contributed by atoms with Crippen LogP contribution in [-0.2, 0) is 9.53 Å². The molecule has 0 aliphatic carbocycles. The summed E-state index contributed by atoms with van der Waals surface area (Å²) in [6.45, 7) is 2.14. The van der Waals surface area contributed by atoms with Gasteiger partial charge in [0.2, 0.25) is 5.91 Å². The van der Waals surface area contributed by atoms with E-state index in [2.05, 4.69) is 5.32 Å². The number of nitrogens with one attached hydrogen (secondary N) is 1. The second-order valence-electron chi connectivity index (χ2n) is 2.62. The molecule has 0 saturated carbocycles. The molecule has 80 valence electrons. The number of carbonyl (C=O) groups is 2. The summed E-state index contributed by atoms with van der Waals surface area (Å²) in [4.78, 5) is 21.1. The van der Waals surface area contributed by atoms with Crippen molar-refractivity contribution < 1.29 is 14.3 Å². The molecular formula is C9H16N2O3. The second kappa shape index (κ2) is 8.10. The molecule has 0 aromatic rings. The molecule has 0 aromatic heterocycles. The van der Waals surface area contributed by atoms with Gasteiger partial charge in [-0.15, -0.1) is 0 Å². The van der Waals surface area contributed by atoms with Crippen LogP contribution in [0.3, 0.4) is 0 Å². The van der Waals surface area contributed by atoms with Gasteiger partial charge in [-0.1, -0.05) is 19.1 Å². The van der Waals surface area contributed by atoms with E-state index >= 15 is 0 Å². The summed E-state index contributed by atoms with van der Waals surface area (Å²) >= 11 is 0. The molecule has 14 heavy (non-hydrogen) atoms. The molecular weight excluding hydrogens is 184 g/mol. The number of rotatable bonds is 6. The molecule has 0 spiro atoms. The number of carbonyl (C=O) groups excluding carboxylic acids is 2. The number of ether oxygens (including phenoxy) is 1. The van der Waals surface area contributed by atoms with Gasteiger partial charge in [0, 0.05) is 0 Å². The van der Waals surface area contributed by atoms with Crippen molar-refractivity contribution in [2.24, 2.45) is 5.73 Å². The Kier molecular flexibility index (Phi) is 7.22. The van der Waals surface area contributed by atoms with E-state index in [4.69, 9.17) is 10.5 Å². The second-order valence-corrected chi connectivity index (χ2v) is 2.62. The molecule has 5 heteroatoms. The summed E-state index contributed by atoms with van der Waals surface area (Å²) in [5, 5.41) is 2.21. The van der Waals surface area contributed by atoms with Crippen LogP contribution in [0.1, 0.15) is 19.8 Å². The van der Waals surface area contributed by atoms with E-state index in [0.29, 0.717) is 13.0 Å². The number of nitrogens with two attached hydrogens (primary N) is 1. The monoisotopic (exact) mass is 200 g/mol. The predicted molar refractivity (Wildman–Crippen MR) is 52.6 cm³/mol. The Morgan fingerprint density at radius 2 is 2.14 bits per heavy atom. The third kappa shape index (κ3) is 8.58. The lowest BCUT2D eigenvalue weighted by atomic mass is 10.3. The summed E-state index contributed by atoms with van der Waals surface area (Å²) in [6, 6.07) is 0. The van der Waals surface area contributed by atoms with Crippen LogP contribution in [0.5, 0.6) is 0 Å². The third-order valence-corrected chi connectivity index (χ3v) is 1.33. The maximum absolute atomic E-state index is 10.8. The van der Waals surface area contributed by atoms with Crippen molar-refractivity contribution in [1.29, 1.82) is 0 Å². The van der Waals surface area contributed by atoms with Crippen LogP contribution in [0.25, 0.3) is 0 Å². The SMILES string of the molecule is CC/C=C\CCOC(=O)NCC(N)=O. The first-order chi connectivity index (χ1) is 6.66. The molecule has 0 radical (unpaired) electrons. The molecule has 0 atom stereocenters. The zero-order valence-electron chi connectivity index (χ0n) is 8.29. The number of hydrogen-bond donors (Lipinski definition) is 2. The van der Waals surface area contributed by atoms with E-state index in [9.17, 15) is 9.59 Å². The molecule has 0 bridgehead atoms. The lowest BCUT2D eigenvalue weighted by molar-refractivity contribution is -0.117. The molecule has 0 aromatic carbocycles. The Labute approximate surface area is 83.3 Å². The lowest BCUT2D eigenvalue weighted by Gasteiger charge is -2.03. The van der Waals surface area contributed by atoms with Crippen LogP contribution in [0.15, 0.2) is 12.2 Å². The van der Waals surface area contributed by atoms with Gasteiger partial charge in [0.05, 0.1) is 13.2 Å². The largest absolute Gasteiger partial charge is 0.449 e. The Bertz CT molecular complexity index is 214.